The summed E-state index contributed by atoms with van der Waals surface area (Å²) in [4.78, 5) is 0. The van der Waals surface area contributed by atoms with Crippen LogP contribution in [0.4, 0.5) is 17.6 Å². The molecule has 0 amide bonds. The quantitative estimate of drug-likeness (QED) is 0.358. The predicted octanol–water partition coefficient (Wildman–Crippen LogP) is 6.02. The Hall–Kier alpha value is -2.02. The first-order valence-electron chi connectivity index (χ1n) is 8.12. The van der Waals surface area contributed by atoms with Gasteiger partial charge in [-0.25, -0.2) is 8.78 Å². The van der Waals surface area contributed by atoms with Gasteiger partial charge in [-0.1, -0.05) is 17.9 Å². The molecular formula is C20H20F4. The number of allylic oxidation sites excluding steroid dienone is 2. The lowest BCUT2D eigenvalue weighted by atomic mass is 9.82. The van der Waals surface area contributed by atoms with Crippen LogP contribution in [0.15, 0.2) is 36.9 Å². The molecule has 0 atom stereocenters. The Balaban J connectivity index is 2.03. The van der Waals surface area contributed by atoms with E-state index in [2.05, 4.69) is 18.4 Å². The van der Waals surface area contributed by atoms with E-state index in [0.29, 0.717) is 44.1 Å². The molecule has 0 N–H and O–H groups in total. The molecule has 0 unspecified atom stereocenters. The van der Waals surface area contributed by atoms with Gasteiger partial charge in [0, 0.05) is 5.92 Å². The van der Waals surface area contributed by atoms with Gasteiger partial charge in [0.2, 0.25) is 0 Å². The normalized spacial score (nSPS) is 20.0. The molecule has 0 radical (unpaired) electrons. The highest BCUT2D eigenvalue weighted by Crippen LogP contribution is 2.30. The van der Waals surface area contributed by atoms with Crippen LogP contribution in [0.25, 0.3) is 0 Å². The van der Waals surface area contributed by atoms with E-state index in [0.717, 1.165) is 6.08 Å². The third-order valence-electron chi connectivity index (χ3n) is 4.27. The zero-order valence-corrected chi connectivity index (χ0v) is 13.4. The van der Waals surface area contributed by atoms with E-state index in [4.69, 9.17) is 0 Å². The van der Waals surface area contributed by atoms with Crippen LogP contribution in [0.2, 0.25) is 0 Å². The van der Waals surface area contributed by atoms with Gasteiger partial charge in [-0.15, -0.1) is 6.58 Å². The summed E-state index contributed by atoms with van der Waals surface area (Å²) in [7, 11) is 0. The third kappa shape index (κ3) is 5.26. The van der Waals surface area contributed by atoms with Crippen molar-refractivity contribution < 1.29 is 17.6 Å². The summed E-state index contributed by atoms with van der Waals surface area (Å²) in [5, 5.41) is 0. The Morgan fingerprint density at radius 2 is 1.75 bits per heavy atom. The zero-order chi connectivity index (χ0) is 17.5. The summed E-state index contributed by atoms with van der Waals surface area (Å²) < 4.78 is 52.5. The minimum atomic E-state index is -1.65. The summed E-state index contributed by atoms with van der Waals surface area (Å²) in [6, 6.07) is 2.62. The number of aryl methyl sites for hydroxylation is 1. The largest absolute Gasteiger partial charge is 0.266 e. The Bertz CT molecular complexity index is 644. The molecular weight excluding hydrogens is 316 g/mol. The van der Waals surface area contributed by atoms with E-state index >= 15 is 0 Å². The number of benzene rings is 1. The van der Waals surface area contributed by atoms with Gasteiger partial charge in [-0.3, -0.25) is 0 Å². The van der Waals surface area contributed by atoms with E-state index < -0.39 is 17.7 Å². The minimum absolute atomic E-state index is 0.00318. The molecule has 0 nitrogen and oxygen atoms in total. The summed E-state index contributed by atoms with van der Waals surface area (Å²) in [6.45, 7) is 3.59. The van der Waals surface area contributed by atoms with Gasteiger partial charge < -0.3 is 0 Å². The zero-order valence-electron chi connectivity index (χ0n) is 13.4. The van der Waals surface area contributed by atoms with Gasteiger partial charge in [0.1, 0.15) is 11.6 Å². The van der Waals surface area contributed by atoms with Crippen LogP contribution >= 0.6 is 0 Å². The van der Waals surface area contributed by atoms with Gasteiger partial charge in [0.15, 0.2) is 0 Å². The molecule has 2 rings (SSSR count). The van der Waals surface area contributed by atoms with Crippen molar-refractivity contribution in [3.8, 4) is 11.8 Å². The van der Waals surface area contributed by atoms with Gasteiger partial charge in [0.25, 0.3) is 6.08 Å². The van der Waals surface area contributed by atoms with Crippen LogP contribution < -0.4 is 0 Å². The molecule has 0 saturated heterocycles. The van der Waals surface area contributed by atoms with Crippen molar-refractivity contribution in [1.29, 1.82) is 0 Å². The standard InChI is InChI=1S/C20H20F4/c1-2-3-4-16-11-18(21)17(19(22)12-16)10-9-14-5-7-15(8-6-14)13-20(23)24/h2,11-15H,1,3-8H2/t14-,15-. The lowest BCUT2D eigenvalue weighted by molar-refractivity contribution is 0.343. The molecule has 1 aliphatic rings. The number of rotatable bonds is 4. The number of halogens is 4. The highest BCUT2D eigenvalue weighted by Gasteiger charge is 2.19. The maximum Gasteiger partial charge on any atom is 0.266 e. The molecule has 0 spiro atoms. The fourth-order valence-electron chi connectivity index (χ4n) is 2.94. The van der Waals surface area contributed by atoms with E-state index in [-0.39, 0.29) is 17.4 Å². The molecule has 0 aromatic heterocycles. The average Bonchev–Trinajstić information content (AvgIpc) is 2.53. The molecule has 1 aromatic rings. The fraction of sp³-hybridized carbons (Fsp3) is 0.400. The monoisotopic (exact) mass is 336 g/mol. The summed E-state index contributed by atoms with van der Waals surface area (Å²) >= 11 is 0. The van der Waals surface area contributed by atoms with Crippen LogP contribution in [0.3, 0.4) is 0 Å². The van der Waals surface area contributed by atoms with Crippen molar-refractivity contribution in [2.45, 2.75) is 38.5 Å². The molecule has 1 saturated carbocycles. The Kier molecular flexibility index (Phi) is 6.66. The van der Waals surface area contributed by atoms with E-state index in [9.17, 15) is 17.6 Å². The molecule has 4 heteroatoms. The second-order valence-electron chi connectivity index (χ2n) is 6.10. The molecule has 0 heterocycles. The number of hydrogen-bond donors (Lipinski definition) is 0. The molecule has 1 aromatic carbocycles. The lowest BCUT2D eigenvalue weighted by Gasteiger charge is -2.22. The highest BCUT2D eigenvalue weighted by molar-refractivity contribution is 5.39. The second-order valence-corrected chi connectivity index (χ2v) is 6.10. The maximum absolute atomic E-state index is 14.0. The van der Waals surface area contributed by atoms with Gasteiger partial charge in [-0.05, 0) is 68.2 Å². The highest BCUT2D eigenvalue weighted by atomic mass is 19.3. The van der Waals surface area contributed by atoms with Gasteiger partial charge >= 0.3 is 0 Å². The fourth-order valence-corrected chi connectivity index (χ4v) is 2.94. The Morgan fingerprint density at radius 1 is 1.12 bits per heavy atom. The topological polar surface area (TPSA) is 0 Å². The number of hydrogen-bond acceptors (Lipinski definition) is 0. The SMILES string of the molecule is C=CCCc1cc(F)c(C#C[C@H]2CC[C@H](C=C(F)F)CC2)c(F)c1. The van der Waals surface area contributed by atoms with Crippen molar-refractivity contribution in [3.05, 3.63) is 59.7 Å². The van der Waals surface area contributed by atoms with E-state index in [1.54, 1.807) is 6.08 Å². The second kappa shape index (κ2) is 8.73. The maximum atomic E-state index is 14.0. The Morgan fingerprint density at radius 3 is 2.29 bits per heavy atom. The molecule has 24 heavy (non-hydrogen) atoms. The van der Waals surface area contributed by atoms with Crippen molar-refractivity contribution >= 4 is 0 Å². The van der Waals surface area contributed by atoms with Crippen molar-refractivity contribution in [2.75, 3.05) is 0 Å². The molecule has 0 aliphatic heterocycles. The van der Waals surface area contributed by atoms with E-state index in [1.165, 1.54) is 12.1 Å². The van der Waals surface area contributed by atoms with Crippen molar-refractivity contribution in [3.63, 3.8) is 0 Å². The van der Waals surface area contributed by atoms with E-state index in [1.807, 2.05) is 0 Å². The van der Waals surface area contributed by atoms with Gasteiger partial charge in [0.05, 0.1) is 5.56 Å². The first kappa shape index (κ1) is 18.3. The smallest absolute Gasteiger partial charge is 0.206 e. The first-order valence-corrected chi connectivity index (χ1v) is 8.12. The summed E-state index contributed by atoms with van der Waals surface area (Å²) in [6.07, 6.45) is 4.82. The summed E-state index contributed by atoms with van der Waals surface area (Å²) in [5.41, 5.74) is 0.366. The predicted molar refractivity (Wildman–Crippen MR) is 87.5 cm³/mol. The third-order valence-corrected chi connectivity index (χ3v) is 4.27. The van der Waals surface area contributed by atoms with Crippen LogP contribution in [0.1, 0.15) is 43.2 Å². The minimum Gasteiger partial charge on any atom is -0.206 e. The van der Waals surface area contributed by atoms with Crippen LogP contribution in [0, 0.1) is 35.3 Å². The molecule has 1 fully saturated rings. The van der Waals surface area contributed by atoms with Crippen LogP contribution in [-0.2, 0) is 6.42 Å². The molecule has 0 bridgehead atoms. The van der Waals surface area contributed by atoms with Crippen molar-refractivity contribution in [1.82, 2.24) is 0 Å². The van der Waals surface area contributed by atoms with Crippen molar-refractivity contribution in [2.24, 2.45) is 11.8 Å². The Labute approximate surface area is 140 Å². The molecule has 1 aliphatic carbocycles. The lowest BCUT2D eigenvalue weighted by Crippen LogP contribution is -2.11. The first-order chi connectivity index (χ1) is 11.5. The summed E-state index contributed by atoms with van der Waals surface area (Å²) in [5.74, 6) is 4.08. The average molecular weight is 336 g/mol. The molecule has 128 valence electrons. The van der Waals surface area contributed by atoms with Crippen LogP contribution in [-0.4, -0.2) is 0 Å². The van der Waals surface area contributed by atoms with Crippen LogP contribution in [0.5, 0.6) is 0 Å². The van der Waals surface area contributed by atoms with Gasteiger partial charge in [-0.2, -0.15) is 8.78 Å².